The van der Waals surface area contributed by atoms with E-state index in [1.165, 1.54) is 26.4 Å². The van der Waals surface area contributed by atoms with Gasteiger partial charge in [0, 0.05) is 5.57 Å². The third kappa shape index (κ3) is 3.86. The number of allylic oxidation sites excluding steroid dienone is 2. The average molecular weight is 350 g/mol. The Balaban J connectivity index is 2.20. The van der Waals surface area contributed by atoms with Crippen molar-refractivity contribution in [2.45, 2.75) is 58.8 Å². The molecule has 4 nitrogen and oxygen atoms in total. The highest BCUT2D eigenvalue weighted by Crippen LogP contribution is 2.31. The molecule has 0 N–H and O–H groups in total. The molecule has 0 fully saturated rings. The van der Waals surface area contributed by atoms with E-state index in [1.807, 2.05) is 0 Å². The summed E-state index contributed by atoms with van der Waals surface area (Å²) in [6.45, 7) is 3.93. The minimum absolute atomic E-state index is 0.159. The van der Waals surface area contributed by atoms with Crippen molar-refractivity contribution in [3.8, 4) is 0 Å². The van der Waals surface area contributed by atoms with Gasteiger partial charge in [-0.15, -0.1) is 0 Å². The molecular weight excluding hydrogens is 326 g/mol. The van der Waals surface area contributed by atoms with Crippen LogP contribution in [0.3, 0.4) is 0 Å². The number of pyridine rings is 1. The van der Waals surface area contributed by atoms with Crippen LogP contribution in [0.1, 0.15) is 78.3 Å². The SMILES string of the molecule is CCCCCCCCC1=C(OC)C(=O)c2c(C)cc(Cl)nc2C1=O. The molecule has 0 aliphatic heterocycles. The molecule has 1 aliphatic carbocycles. The van der Waals surface area contributed by atoms with Gasteiger partial charge in [0.15, 0.2) is 5.76 Å². The number of halogens is 1. The Bertz CT molecular complexity index is 679. The van der Waals surface area contributed by atoms with E-state index in [4.69, 9.17) is 16.3 Å². The van der Waals surface area contributed by atoms with Gasteiger partial charge in [-0.25, -0.2) is 4.98 Å². The van der Waals surface area contributed by atoms with E-state index in [0.29, 0.717) is 23.1 Å². The summed E-state index contributed by atoms with van der Waals surface area (Å²) in [5, 5.41) is 0.229. The van der Waals surface area contributed by atoms with Crippen molar-refractivity contribution < 1.29 is 14.3 Å². The molecule has 0 spiro atoms. The van der Waals surface area contributed by atoms with E-state index in [9.17, 15) is 9.59 Å². The van der Waals surface area contributed by atoms with E-state index in [2.05, 4.69) is 11.9 Å². The third-order valence-electron chi connectivity index (χ3n) is 4.37. The fraction of sp³-hybridized carbons (Fsp3) is 0.526. The minimum atomic E-state index is -0.269. The van der Waals surface area contributed by atoms with Gasteiger partial charge in [-0.05, 0) is 31.4 Å². The molecule has 130 valence electrons. The Morgan fingerprint density at radius 3 is 2.42 bits per heavy atom. The van der Waals surface area contributed by atoms with Gasteiger partial charge in [-0.2, -0.15) is 0 Å². The second-order valence-corrected chi connectivity index (χ2v) is 6.56. The van der Waals surface area contributed by atoms with Crippen molar-refractivity contribution >= 4 is 23.2 Å². The number of Topliss-reactive ketones (excluding diaryl/α,β-unsaturated/α-hetero) is 2. The summed E-state index contributed by atoms with van der Waals surface area (Å²) in [7, 11) is 1.44. The number of rotatable bonds is 8. The fourth-order valence-electron chi connectivity index (χ4n) is 3.11. The van der Waals surface area contributed by atoms with Crippen molar-refractivity contribution in [1.82, 2.24) is 4.98 Å². The number of aromatic nitrogens is 1. The summed E-state index contributed by atoms with van der Waals surface area (Å²) >= 11 is 5.97. The molecule has 0 radical (unpaired) electrons. The monoisotopic (exact) mass is 349 g/mol. The second kappa shape index (κ2) is 8.43. The van der Waals surface area contributed by atoms with Crippen LogP contribution in [0.15, 0.2) is 17.4 Å². The van der Waals surface area contributed by atoms with E-state index < -0.39 is 0 Å². The molecule has 0 saturated carbocycles. The van der Waals surface area contributed by atoms with E-state index >= 15 is 0 Å². The van der Waals surface area contributed by atoms with Crippen LogP contribution in [0.2, 0.25) is 5.15 Å². The minimum Gasteiger partial charge on any atom is -0.492 e. The number of nitrogens with zero attached hydrogens (tertiary/aromatic N) is 1. The molecule has 0 bridgehead atoms. The summed E-state index contributed by atoms with van der Waals surface area (Å²) in [6.07, 6.45) is 7.22. The second-order valence-electron chi connectivity index (χ2n) is 6.17. The maximum atomic E-state index is 12.8. The number of fused-ring (bicyclic) bond motifs is 1. The topological polar surface area (TPSA) is 56.3 Å². The Kier molecular flexibility index (Phi) is 6.55. The molecule has 1 aromatic rings. The fourth-order valence-corrected chi connectivity index (χ4v) is 3.35. The van der Waals surface area contributed by atoms with Gasteiger partial charge >= 0.3 is 0 Å². The van der Waals surface area contributed by atoms with Crippen LogP contribution in [-0.4, -0.2) is 23.7 Å². The molecule has 1 aliphatic rings. The lowest BCUT2D eigenvalue weighted by molar-refractivity contribution is 0.0899. The zero-order valence-corrected chi connectivity index (χ0v) is 15.3. The Hall–Kier alpha value is -1.68. The van der Waals surface area contributed by atoms with Crippen molar-refractivity contribution in [2.75, 3.05) is 7.11 Å². The lowest BCUT2D eigenvalue weighted by Crippen LogP contribution is -2.25. The number of carbonyl (C=O) groups is 2. The van der Waals surface area contributed by atoms with Gasteiger partial charge in [0.1, 0.15) is 10.8 Å². The maximum absolute atomic E-state index is 12.8. The number of ketones is 2. The molecule has 2 rings (SSSR count). The lowest BCUT2D eigenvalue weighted by Gasteiger charge is -2.21. The normalized spacial score (nSPS) is 14.2. The third-order valence-corrected chi connectivity index (χ3v) is 4.56. The van der Waals surface area contributed by atoms with Gasteiger partial charge in [0.05, 0.1) is 12.7 Å². The summed E-state index contributed by atoms with van der Waals surface area (Å²) < 4.78 is 5.27. The van der Waals surface area contributed by atoms with Crippen LogP contribution >= 0.6 is 11.6 Å². The number of carbonyl (C=O) groups excluding carboxylic acids is 2. The van der Waals surface area contributed by atoms with E-state index in [-0.39, 0.29) is 28.2 Å². The molecule has 0 aromatic carbocycles. The Labute approximate surface area is 148 Å². The first-order valence-corrected chi connectivity index (χ1v) is 8.92. The Morgan fingerprint density at radius 2 is 1.75 bits per heavy atom. The van der Waals surface area contributed by atoms with Crippen LogP contribution in [-0.2, 0) is 4.74 Å². The van der Waals surface area contributed by atoms with Crippen molar-refractivity contribution in [2.24, 2.45) is 0 Å². The smallest absolute Gasteiger partial charge is 0.230 e. The quantitative estimate of drug-likeness (QED) is 0.485. The average Bonchev–Trinajstić information content (AvgIpc) is 2.54. The molecule has 5 heteroatoms. The van der Waals surface area contributed by atoms with Crippen LogP contribution in [0.5, 0.6) is 0 Å². The van der Waals surface area contributed by atoms with Crippen molar-refractivity contribution in [3.05, 3.63) is 39.4 Å². The van der Waals surface area contributed by atoms with Gasteiger partial charge < -0.3 is 4.74 Å². The standard InChI is InChI=1S/C19H24ClNO3/c1-4-5-6-7-8-9-10-13-17(22)16-15(18(23)19(13)24-3)12(2)11-14(20)21-16/h11H,4-10H2,1-3H3. The Morgan fingerprint density at radius 1 is 1.08 bits per heavy atom. The number of methoxy groups -OCH3 is 1. The van der Waals surface area contributed by atoms with Crippen LogP contribution in [0, 0.1) is 6.92 Å². The molecule has 0 saturated heterocycles. The molecule has 0 amide bonds. The predicted molar refractivity (Wildman–Crippen MR) is 94.7 cm³/mol. The highest BCUT2D eigenvalue weighted by atomic mass is 35.5. The van der Waals surface area contributed by atoms with Gasteiger partial charge in [-0.3, -0.25) is 9.59 Å². The lowest BCUT2D eigenvalue weighted by atomic mass is 9.87. The first-order valence-electron chi connectivity index (χ1n) is 8.54. The van der Waals surface area contributed by atoms with Crippen LogP contribution in [0.4, 0.5) is 0 Å². The van der Waals surface area contributed by atoms with Crippen molar-refractivity contribution in [3.63, 3.8) is 0 Å². The summed E-state index contributed by atoms with van der Waals surface area (Å²) in [5.74, 6) is -0.344. The molecule has 1 heterocycles. The maximum Gasteiger partial charge on any atom is 0.230 e. The number of hydrogen-bond donors (Lipinski definition) is 0. The van der Waals surface area contributed by atoms with Crippen molar-refractivity contribution in [1.29, 1.82) is 0 Å². The molecule has 24 heavy (non-hydrogen) atoms. The van der Waals surface area contributed by atoms with Gasteiger partial charge in [0.2, 0.25) is 11.6 Å². The highest BCUT2D eigenvalue weighted by Gasteiger charge is 2.35. The number of unbranched alkanes of at least 4 members (excludes halogenated alkanes) is 5. The largest absolute Gasteiger partial charge is 0.492 e. The van der Waals surface area contributed by atoms with Gasteiger partial charge in [0.25, 0.3) is 0 Å². The summed E-state index contributed by atoms with van der Waals surface area (Å²) in [4.78, 5) is 29.6. The molecule has 0 atom stereocenters. The summed E-state index contributed by atoms with van der Waals surface area (Å²) in [6, 6.07) is 1.59. The first kappa shape index (κ1) is 18.7. The van der Waals surface area contributed by atoms with E-state index in [0.717, 1.165) is 19.3 Å². The number of ether oxygens (including phenoxy) is 1. The van der Waals surface area contributed by atoms with Gasteiger partial charge in [-0.1, -0.05) is 50.6 Å². The zero-order valence-electron chi connectivity index (χ0n) is 14.6. The van der Waals surface area contributed by atoms with Crippen LogP contribution < -0.4 is 0 Å². The number of hydrogen-bond acceptors (Lipinski definition) is 4. The van der Waals surface area contributed by atoms with Crippen LogP contribution in [0.25, 0.3) is 0 Å². The zero-order chi connectivity index (χ0) is 17.7. The highest BCUT2D eigenvalue weighted by molar-refractivity contribution is 6.31. The first-order chi connectivity index (χ1) is 11.5. The molecule has 1 aromatic heterocycles. The molecule has 0 unspecified atom stereocenters. The van der Waals surface area contributed by atoms with E-state index in [1.54, 1.807) is 13.0 Å². The summed E-state index contributed by atoms with van der Waals surface area (Å²) in [5.41, 5.74) is 1.55. The predicted octanol–water partition coefficient (Wildman–Crippen LogP) is 5.07. The molecular formula is C19H24ClNO3. The number of aryl methyl sites for hydroxylation is 1.